The molecule has 18 heavy (non-hydrogen) atoms. The molecule has 1 aromatic rings. The van der Waals surface area contributed by atoms with Crippen molar-refractivity contribution in [3.8, 4) is 5.75 Å². The summed E-state index contributed by atoms with van der Waals surface area (Å²) in [4.78, 5) is 2.39. The van der Waals surface area contributed by atoms with E-state index < -0.39 is 0 Å². The maximum atomic E-state index is 6.12. The molecule has 100 valence electrons. The number of nitrogens with two attached hydrogens (primary N) is 1. The number of anilines is 2. The van der Waals surface area contributed by atoms with E-state index in [-0.39, 0.29) is 0 Å². The molecule has 0 amide bonds. The van der Waals surface area contributed by atoms with Gasteiger partial charge in [-0.3, -0.25) is 0 Å². The molecule has 0 radical (unpaired) electrons. The minimum atomic E-state index is 0.371. The monoisotopic (exact) mass is 266 g/mol. The molecule has 2 rings (SSSR count). The van der Waals surface area contributed by atoms with Gasteiger partial charge in [0.2, 0.25) is 0 Å². The van der Waals surface area contributed by atoms with Crippen molar-refractivity contribution in [1.29, 1.82) is 0 Å². The molecule has 0 unspecified atom stereocenters. The number of nitrogen functional groups attached to an aromatic ring is 1. The van der Waals surface area contributed by atoms with E-state index in [4.69, 9.17) is 10.5 Å². The number of hydrogen-bond donors (Lipinski definition) is 1. The van der Waals surface area contributed by atoms with Crippen molar-refractivity contribution in [2.45, 2.75) is 25.0 Å². The van der Waals surface area contributed by atoms with Crippen LogP contribution in [0.2, 0.25) is 0 Å². The molecular weight excluding hydrogens is 244 g/mol. The number of thioether (sulfide) groups is 1. The Labute approximate surface area is 114 Å². The van der Waals surface area contributed by atoms with E-state index in [2.05, 4.69) is 24.8 Å². The molecule has 2 N–H and O–H groups in total. The molecule has 0 aromatic heterocycles. The Kier molecular flexibility index (Phi) is 3.95. The second kappa shape index (κ2) is 5.31. The lowest BCUT2D eigenvalue weighted by Gasteiger charge is -2.25. The molecule has 1 aromatic carbocycles. The summed E-state index contributed by atoms with van der Waals surface area (Å²) >= 11 is 2.05. The Hall–Kier alpha value is -1.03. The van der Waals surface area contributed by atoms with Crippen molar-refractivity contribution >= 4 is 23.1 Å². The van der Waals surface area contributed by atoms with Gasteiger partial charge in [0, 0.05) is 29.7 Å². The van der Waals surface area contributed by atoms with E-state index >= 15 is 0 Å². The molecule has 0 spiro atoms. The highest BCUT2D eigenvalue weighted by Crippen LogP contribution is 2.34. The highest BCUT2D eigenvalue weighted by Gasteiger charge is 2.24. The summed E-state index contributed by atoms with van der Waals surface area (Å²) in [6.07, 6.45) is 1.18. The van der Waals surface area contributed by atoms with Gasteiger partial charge in [-0.15, -0.1) is 0 Å². The van der Waals surface area contributed by atoms with Gasteiger partial charge in [0.1, 0.15) is 5.75 Å². The standard InChI is InChI=1S/C14H22N2OS/c1-14(2)6-7-16(8-9-18-14)13-5-4-11(17-3)10-12(13)15/h4-5,10H,6-9,15H2,1-3H3. The molecule has 1 aliphatic rings. The van der Waals surface area contributed by atoms with Gasteiger partial charge in [0.05, 0.1) is 18.5 Å². The van der Waals surface area contributed by atoms with Crippen LogP contribution in [0.4, 0.5) is 11.4 Å². The van der Waals surface area contributed by atoms with E-state index in [9.17, 15) is 0 Å². The first-order valence-electron chi connectivity index (χ1n) is 6.34. The summed E-state index contributed by atoms with van der Waals surface area (Å²) in [5.41, 5.74) is 8.06. The van der Waals surface area contributed by atoms with Crippen molar-refractivity contribution in [3.05, 3.63) is 18.2 Å². The topological polar surface area (TPSA) is 38.5 Å². The van der Waals surface area contributed by atoms with Crippen molar-refractivity contribution < 1.29 is 4.74 Å². The Morgan fingerprint density at radius 3 is 2.78 bits per heavy atom. The number of ether oxygens (including phenoxy) is 1. The third-order valence-corrected chi connectivity index (χ3v) is 4.79. The fourth-order valence-electron chi connectivity index (χ4n) is 2.21. The number of methoxy groups -OCH3 is 1. The fourth-order valence-corrected chi connectivity index (χ4v) is 3.31. The molecule has 0 saturated carbocycles. The first-order chi connectivity index (χ1) is 8.52. The zero-order chi connectivity index (χ0) is 13.2. The number of hydrogen-bond acceptors (Lipinski definition) is 4. The largest absolute Gasteiger partial charge is 0.497 e. The summed E-state index contributed by atoms with van der Waals surface area (Å²) in [7, 11) is 1.67. The molecule has 3 nitrogen and oxygen atoms in total. The van der Waals surface area contributed by atoms with Crippen molar-refractivity contribution in [3.63, 3.8) is 0 Å². The predicted octanol–water partition coefficient (Wildman–Crippen LogP) is 3.00. The third kappa shape index (κ3) is 3.05. The minimum Gasteiger partial charge on any atom is -0.497 e. The molecule has 1 aliphatic heterocycles. The van der Waals surface area contributed by atoms with Gasteiger partial charge in [-0.25, -0.2) is 0 Å². The predicted molar refractivity (Wildman–Crippen MR) is 80.8 cm³/mol. The molecule has 4 heteroatoms. The lowest BCUT2D eigenvalue weighted by molar-refractivity contribution is 0.415. The number of nitrogens with zero attached hydrogens (tertiary/aromatic N) is 1. The summed E-state index contributed by atoms with van der Waals surface area (Å²) in [5, 5.41) is 0. The van der Waals surface area contributed by atoms with Crippen molar-refractivity contribution in [2.75, 3.05) is 36.6 Å². The minimum absolute atomic E-state index is 0.371. The van der Waals surface area contributed by atoms with Gasteiger partial charge < -0.3 is 15.4 Å². The average molecular weight is 266 g/mol. The van der Waals surface area contributed by atoms with E-state index in [0.29, 0.717) is 4.75 Å². The first-order valence-corrected chi connectivity index (χ1v) is 7.33. The van der Waals surface area contributed by atoms with Crippen LogP contribution < -0.4 is 15.4 Å². The van der Waals surface area contributed by atoms with Crippen molar-refractivity contribution in [2.24, 2.45) is 0 Å². The van der Waals surface area contributed by atoms with Crippen LogP contribution in [0.3, 0.4) is 0 Å². The highest BCUT2D eigenvalue weighted by atomic mass is 32.2. The maximum Gasteiger partial charge on any atom is 0.121 e. The Morgan fingerprint density at radius 1 is 1.33 bits per heavy atom. The summed E-state index contributed by atoms with van der Waals surface area (Å²) < 4.78 is 5.56. The maximum absolute atomic E-state index is 6.12. The zero-order valence-corrected chi connectivity index (χ0v) is 12.2. The normalized spacial score (nSPS) is 19.4. The molecule has 0 bridgehead atoms. The Balaban J connectivity index is 2.16. The van der Waals surface area contributed by atoms with Crippen LogP contribution in [0.1, 0.15) is 20.3 Å². The summed E-state index contributed by atoms with van der Waals surface area (Å²) in [5.74, 6) is 1.97. The van der Waals surface area contributed by atoms with E-state index in [1.54, 1.807) is 7.11 Å². The molecular formula is C14H22N2OS. The molecule has 1 fully saturated rings. The SMILES string of the molecule is COc1ccc(N2CCSC(C)(C)CC2)c(N)c1. The quantitative estimate of drug-likeness (QED) is 0.835. The van der Waals surface area contributed by atoms with Crippen LogP contribution in [0.25, 0.3) is 0 Å². The van der Waals surface area contributed by atoms with Gasteiger partial charge in [0.15, 0.2) is 0 Å². The van der Waals surface area contributed by atoms with E-state index in [1.807, 2.05) is 23.9 Å². The molecule has 1 saturated heterocycles. The van der Waals surface area contributed by atoms with Crippen LogP contribution in [-0.4, -0.2) is 30.7 Å². The number of rotatable bonds is 2. The van der Waals surface area contributed by atoms with Crippen LogP contribution in [-0.2, 0) is 0 Å². The second-order valence-electron chi connectivity index (χ2n) is 5.27. The van der Waals surface area contributed by atoms with Crippen LogP contribution in [0.15, 0.2) is 18.2 Å². The van der Waals surface area contributed by atoms with E-state index in [0.717, 1.165) is 36.0 Å². The highest BCUT2D eigenvalue weighted by molar-refractivity contribution is 8.00. The third-order valence-electron chi connectivity index (χ3n) is 3.41. The molecule has 0 atom stereocenters. The van der Waals surface area contributed by atoms with Crippen LogP contribution in [0, 0.1) is 0 Å². The van der Waals surface area contributed by atoms with Gasteiger partial charge in [0.25, 0.3) is 0 Å². The Bertz CT molecular complexity index is 420. The van der Waals surface area contributed by atoms with Crippen molar-refractivity contribution in [1.82, 2.24) is 0 Å². The number of benzene rings is 1. The lowest BCUT2D eigenvalue weighted by Crippen LogP contribution is -2.27. The van der Waals surface area contributed by atoms with E-state index in [1.165, 1.54) is 6.42 Å². The van der Waals surface area contributed by atoms with Crippen LogP contribution in [0.5, 0.6) is 5.75 Å². The summed E-state index contributed by atoms with van der Waals surface area (Å²) in [6, 6.07) is 5.95. The van der Waals surface area contributed by atoms with Gasteiger partial charge in [-0.1, -0.05) is 13.8 Å². The lowest BCUT2D eigenvalue weighted by atomic mass is 10.1. The van der Waals surface area contributed by atoms with Gasteiger partial charge in [-0.2, -0.15) is 11.8 Å². The molecule has 0 aliphatic carbocycles. The Morgan fingerprint density at radius 2 is 2.11 bits per heavy atom. The smallest absolute Gasteiger partial charge is 0.121 e. The van der Waals surface area contributed by atoms with Gasteiger partial charge in [-0.05, 0) is 18.6 Å². The zero-order valence-electron chi connectivity index (χ0n) is 11.4. The molecule has 1 heterocycles. The average Bonchev–Trinajstić information content (AvgIpc) is 2.50. The first kappa shape index (κ1) is 13.4. The van der Waals surface area contributed by atoms with Crippen LogP contribution >= 0.6 is 11.8 Å². The fraction of sp³-hybridized carbons (Fsp3) is 0.571. The van der Waals surface area contributed by atoms with Gasteiger partial charge >= 0.3 is 0 Å². The second-order valence-corrected chi connectivity index (χ2v) is 7.07. The summed E-state index contributed by atoms with van der Waals surface area (Å²) in [6.45, 7) is 6.76.